The Bertz CT molecular complexity index is 599. The van der Waals surface area contributed by atoms with E-state index in [1.54, 1.807) is 7.05 Å². The van der Waals surface area contributed by atoms with E-state index in [0.717, 1.165) is 19.3 Å². The van der Waals surface area contributed by atoms with Crippen LogP contribution in [0.25, 0.3) is 0 Å². The molecule has 2 bridgehead atoms. The number of fused-ring (bicyclic) bond motifs is 1. The zero-order valence-electron chi connectivity index (χ0n) is 14.2. The van der Waals surface area contributed by atoms with Gasteiger partial charge in [-0.15, -0.1) is 0 Å². The fraction of sp³-hybridized carbons (Fsp3) is 0.938. The minimum atomic E-state index is -3.51. The molecule has 22 heavy (non-hydrogen) atoms. The molecule has 0 aromatic heterocycles. The molecule has 1 aliphatic heterocycles. The van der Waals surface area contributed by atoms with Gasteiger partial charge in [0.15, 0.2) is 0 Å². The summed E-state index contributed by atoms with van der Waals surface area (Å²) in [5.74, 6) is 0.489. The maximum atomic E-state index is 12.9. The predicted octanol–water partition coefficient (Wildman–Crippen LogP) is 1.60. The Morgan fingerprint density at radius 1 is 1.32 bits per heavy atom. The second-order valence-corrected chi connectivity index (χ2v) is 10.1. The Morgan fingerprint density at radius 3 is 2.45 bits per heavy atom. The highest BCUT2D eigenvalue weighted by Crippen LogP contribution is 2.70. The number of hydrogen-bond acceptors (Lipinski definition) is 4. The molecule has 0 aromatic rings. The third-order valence-electron chi connectivity index (χ3n) is 6.87. The molecule has 1 saturated heterocycles. The second-order valence-electron chi connectivity index (χ2n) is 8.27. The van der Waals surface area contributed by atoms with Crippen molar-refractivity contribution in [1.29, 1.82) is 0 Å². The molecule has 2 saturated carbocycles. The van der Waals surface area contributed by atoms with Gasteiger partial charge < -0.3 is 5.32 Å². The van der Waals surface area contributed by atoms with Crippen molar-refractivity contribution in [3.8, 4) is 0 Å². The van der Waals surface area contributed by atoms with E-state index in [0.29, 0.717) is 5.92 Å². The number of rotatable bonds is 3. The van der Waals surface area contributed by atoms with Crippen molar-refractivity contribution in [2.75, 3.05) is 12.8 Å². The predicted molar refractivity (Wildman–Crippen MR) is 85.7 cm³/mol. The van der Waals surface area contributed by atoms with Crippen LogP contribution < -0.4 is 5.32 Å². The molecule has 6 heteroatoms. The molecule has 2 aliphatic carbocycles. The fourth-order valence-electron chi connectivity index (χ4n) is 5.46. The van der Waals surface area contributed by atoms with Gasteiger partial charge in [-0.3, -0.25) is 4.79 Å². The van der Waals surface area contributed by atoms with Gasteiger partial charge in [-0.05, 0) is 43.6 Å². The average Bonchev–Trinajstić information content (AvgIpc) is 2.85. The van der Waals surface area contributed by atoms with Gasteiger partial charge in [0, 0.05) is 5.41 Å². The van der Waals surface area contributed by atoms with Crippen LogP contribution in [0.2, 0.25) is 0 Å². The SMILES string of the molecule is CN[C@H](C(=O)N1[C@@H]2C[C@H]3CC[C@]2(CS1(=O)=O)C3(C)C)C(C)C. The standard InChI is InChI=1S/C16H28N2O3S/c1-10(2)13(17-5)14(19)18-12-8-11-6-7-16(12,15(11,3)4)9-22(18,20)21/h10-13,17H,6-9H2,1-5H3/t11-,12-,13+,16-/m1/s1. The second kappa shape index (κ2) is 4.69. The first-order valence-electron chi connectivity index (χ1n) is 8.32. The topological polar surface area (TPSA) is 66.5 Å². The summed E-state index contributed by atoms with van der Waals surface area (Å²) in [5.41, 5.74) is -0.228. The molecule has 1 amide bonds. The highest BCUT2D eigenvalue weighted by atomic mass is 32.2. The van der Waals surface area contributed by atoms with E-state index >= 15 is 0 Å². The summed E-state index contributed by atoms with van der Waals surface area (Å²) in [4.78, 5) is 12.9. The minimum Gasteiger partial charge on any atom is -0.309 e. The lowest BCUT2D eigenvalue weighted by Crippen LogP contribution is -2.52. The Labute approximate surface area is 133 Å². The van der Waals surface area contributed by atoms with Crippen molar-refractivity contribution >= 4 is 15.9 Å². The molecule has 1 N–H and O–H groups in total. The third kappa shape index (κ3) is 1.80. The van der Waals surface area contributed by atoms with Gasteiger partial charge in [0.1, 0.15) is 0 Å². The van der Waals surface area contributed by atoms with Crippen molar-refractivity contribution in [2.24, 2.45) is 22.7 Å². The summed E-state index contributed by atoms with van der Waals surface area (Å²) in [7, 11) is -1.78. The number of carbonyl (C=O) groups is 1. The number of hydrogen-bond donors (Lipinski definition) is 1. The lowest BCUT2D eigenvalue weighted by Gasteiger charge is -2.37. The molecule has 4 atom stereocenters. The van der Waals surface area contributed by atoms with Crippen LogP contribution in [-0.4, -0.2) is 43.5 Å². The molecule has 0 radical (unpaired) electrons. The van der Waals surface area contributed by atoms with E-state index in [1.807, 2.05) is 13.8 Å². The molecule has 0 aromatic carbocycles. The van der Waals surface area contributed by atoms with Crippen LogP contribution in [0.15, 0.2) is 0 Å². The Morgan fingerprint density at radius 2 is 1.95 bits per heavy atom. The van der Waals surface area contributed by atoms with Gasteiger partial charge >= 0.3 is 0 Å². The van der Waals surface area contributed by atoms with Crippen molar-refractivity contribution in [1.82, 2.24) is 9.62 Å². The van der Waals surface area contributed by atoms with Gasteiger partial charge in [0.25, 0.3) is 5.91 Å². The molecule has 3 fully saturated rings. The maximum absolute atomic E-state index is 12.9. The molecular formula is C16H28N2O3S. The Hall–Kier alpha value is -0.620. The van der Waals surface area contributed by atoms with Crippen LogP contribution in [0.1, 0.15) is 47.0 Å². The molecule has 1 heterocycles. The van der Waals surface area contributed by atoms with E-state index < -0.39 is 16.1 Å². The molecule has 126 valence electrons. The molecule has 3 rings (SSSR count). The summed E-state index contributed by atoms with van der Waals surface area (Å²) in [6.07, 6.45) is 2.87. The summed E-state index contributed by atoms with van der Waals surface area (Å²) >= 11 is 0. The maximum Gasteiger partial charge on any atom is 0.253 e. The number of likely N-dealkylation sites (N-methyl/N-ethyl adjacent to an activating group) is 1. The van der Waals surface area contributed by atoms with Crippen LogP contribution in [-0.2, 0) is 14.8 Å². The molecule has 5 nitrogen and oxygen atoms in total. The van der Waals surface area contributed by atoms with Crippen LogP contribution in [0.3, 0.4) is 0 Å². The van der Waals surface area contributed by atoms with E-state index in [1.165, 1.54) is 4.31 Å². The first-order valence-corrected chi connectivity index (χ1v) is 9.92. The van der Waals surface area contributed by atoms with Crippen molar-refractivity contribution in [2.45, 2.75) is 59.0 Å². The largest absolute Gasteiger partial charge is 0.309 e. The highest BCUT2D eigenvalue weighted by Gasteiger charge is 2.72. The summed E-state index contributed by atoms with van der Waals surface area (Å²) in [5, 5.41) is 3.00. The monoisotopic (exact) mass is 328 g/mol. The Balaban J connectivity index is 2.02. The van der Waals surface area contributed by atoms with E-state index in [2.05, 4.69) is 19.2 Å². The molecule has 3 aliphatic rings. The fourth-order valence-corrected chi connectivity index (χ4v) is 8.02. The summed E-state index contributed by atoms with van der Waals surface area (Å²) in [6.45, 7) is 8.29. The molecular weight excluding hydrogens is 300 g/mol. The smallest absolute Gasteiger partial charge is 0.253 e. The first-order chi connectivity index (χ1) is 10.1. The highest BCUT2D eigenvalue weighted by molar-refractivity contribution is 7.90. The summed E-state index contributed by atoms with van der Waals surface area (Å²) in [6, 6.07) is -0.569. The first kappa shape index (κ1) is 16.2. The molecule has 0 unspecified atom stereocenters. The van der Waals surface area contributed by atoms with E-state index in [4.69, 9.17) is 0 Å². The van der Waals surface area contributed by atoms with Gasteiger partial charge in [-0.25, -0.2) is 12.7 Å². The van der Waals surface area contributed by atoms with Crippen LogP contribution >= 0.6 is 0 Å². The minimum absolute atomic E-state index is 0.00668. The lowest BCUT2D eigenvalue weighted by molar-refractivity contribution is -0.132. The number of carbonyl (C=O) groups excluding carboxylic acids is 1. The number of nitrogens with one attached hydrogen (secondary N) is 1. The Kier molecular flexibility index (Phi) is 3.47. The number of nitrogens with zero attached hydrogens (tertiary/aromatic N) is 1. The van der Waals surface area contributed by atoms with Crippen LogP contribution in [0.4, 0.5) is 0 Å². The van der Waals surface area contributed by atoms with Gasteiger partial charge in [-0.1, -0.05) is 27.7 Å². The van der Waals surface area contributed by atoms with Crippen LogP contribution in [0.5, 0.6) is 0 Å². The average molecular weight is 328 g/mol. The zero-order chi connectivity index (χ0) is 16.5. The van der Waals surface area contributed by atoms with Gasteiger partial charge in [0.2, 0.25) is 10.0 Å². The van der Waals surface area contributed by atoms with Crippen molar-refractivity contribution in [3.63, 3.8) is 0 Å². The van der Waals surface area contributed by atoms with Gasteiger partial charge in [0.05, 0.1) is 17.8 Å². The van der Waals surface area contributed by atoms with Crippen LogP contribution in [0, 0.1) is 22.7 Å². The van der Waals surface area contributed by atoms with E-state index in [9.17, 15) is 13.2 Å². The van der Waals surface area contributed by atoms with Gasteiger partial charge in [-0.2, -0.15) is 0 Å². The molecule has 1 spiro atoms. The third-order valence-corrected chi connectivity index (χ3v) is 8.79. The van der Waals surface area contributed by atoms with Crippen molar-refractivity contribution in [3.05, 3.63) is 0 Å². The lowest BCUT2D eigenvalue weighted by atomic mass is 9.69. The quantitative estimate of drug-likeness (QED) is 0.854. The number of amides is 1. The zero-order valence-corrected chi connectivity index (χ0v) is 15.0. The van der Waals surface area contributed by atoms with Crippen molar-refractivity contribution < 1.29 is 13.2 Å². The number of sulfonamides is 1. The van der Waals surface area contributed by atoms with E-state index in [-0.39, 0.29) is 34.4 Å². The summed E-state index contributed by atoms with van der Waals surface area (Å²) < 4.78 is 26.9. The normalized spacial score (nSPS) is 39.3.